The van der Waals surface area contributed by atoms with Crippen molar-refractivity contribution >= 4 is 51.9 Å². The highest BCUT2D eigenvalue weighted by Crippen LogP contribution is 2.35. The second-order valence-electron chi connectivity index (χ2n) is 9.23. The number of amides is 2. The maximum Gasteiger partial charge on any atom is 0.348 e. The third kappa shape index (κ3) is 9.29. The number of carbonyl (C=O) groups excluding carboxylic acids is 4. The minimum absolute atomic E-state index is 0.126. The quantitative estimate of drug-likeness (QED) is 0.169. The zero-order valence-electron chi connectivity index (χ0n) is 24.9. The molecule has 2 N–H and O–H groups in total. The predicted molar refractivity (Wildman–Crippen MR) is 164 cm³/mol. The van der Waals surface area contributed by atoms with E-state index >= 15 is 0 Å². The monoisotopic (exact) mass is 631 g/mol. The summed E-state index contributed by atoms with van der Waals surface area (Å²) in [4.78, 5) is 51.0. The Morgan fingerprint density at radius 3 is 2.40 bits per heavy atom. The lowest BCUT2D eigenvalue weighted by Gasteiger charge is -2.14. The van der Waals surface area contributed by atoms with E-state index in [2.05, 4.69) is 27.8 Å². The van der Waals surface area contributed by atoms with E-state index in [1.165, 1.54) is 11.8 Å². The molecular weight excluding hydrogens is 594 g/mol. The van der Waals surface area contributed by atoms with Gasteiger partial charge in [-0.1, -0.05) is 43.3 Å². The van der Waals surface area contributed by atoms with Crippen LogP contribution in [0, 0.1) is 6.92 Å². The van der Waals surface area contributed by atoms with Gasteiger partial charge in [0.1, 0.15) is 15.6 Å². The number of thioether (sulfide) groups is 1. The Morgan fingerprint density at radius 2 is 1.72 bits per heavy atom. The molecule has 0 aliphatic carbocycles. The first-order chi connectivity index (χ1) is 20.7. The van der Waals surface area contributed by atoms with E-state index in [0.717, 1.165) is 24.2 Å². The molecule has 3 aromatic rings. The summed E-state index contributed by atoms with van der Waals surface area (Å²) >= 11 is 2.17. The number of rotatable bonds is 16. The molecule has 2 aromatic heterocycles. The first-order valence-corrected chi connectivity index (χ1v) is 15.7. The van der Waals surface area contributed by atoms with Gasteiger partial charge in [0.05, 0.1) is 30.6 Å². The Morgan fingerprint density at radius 1 is 1.02 bits per heavy atom. The molecule has 0 spiro atoms. The van der Waals surface area contributed by atoms with Crippen LogP contribution in [0.1, 0.15) is 72.0 Å². The summed E-state index contributed by atoms with van der Waals surface area (Å²) in [5.74, 6) is -0.767. The third-order valence-corrected chi connectivity index (χ3v) is 8.33. The Balaban J connectivity index is 1.71. The molecule has 232 valence electrons. The van der Waals surface area contributed by atoms with Crippen LogP contribution in [-0.2, 0) is 32.2 Å². The summed E-state index contributed by atoms with van der Waals surface area (Å²) in [5, 5.41) is 14.2. The molecule has 1 atom stereocenters. The van der Waals surface area contributed by atoms with Crippen LogP contribution in [0.15, 0.2) is 35.5 Å². The number of anilines is 1. The van der Waals surface area contributed by atoms with Crippen LogP contribution in [0.25, 0.3) is 0 Å². The fraction of sp³-hybridized carbons (Fsp3) is 0.448. The van der Waals surface area contributed by atoms with Gasteiger partial charge in [-0.15, -0.1) is 21.5 Å². The molecule has 0 bridgehead atoms. The molecule has 0 radical (unpaired) electrons. The molecule has 1 aromatic carbocycles. The van der Waals surface area contributed by atoms with Crippen molar-refractivity contribution in [1.82, 2.24) is 20.1 Å². The van der Waals surface area contributed by atoms with Crippen LogP contribution < -0.4 is 15.4 Å². The number of aromatic nitrogens is 3. The zero-order valence-corrected chi connectivity index (χ0v) is 26.6. The lowest BCUT2D eigenvalue weighted by molar-refractivity contribution is -0.123. The molecule has 12 nitrogen and oxygen atoms in total. The SMILES string of the molecule is CCCCn1c(CNC(=O)COc2ccccc2)nnc1S[C@H](C)C(=O)Nc1sc(C(=O)OCC)c(C)c1C(=O)OCC. The van der Waals surface area contributed by atoms with E-state index in [-0.39, 0.29) is 47.7 Å². The smallest absolute Gasteiger partial charge is 0.348 e. The number of nitrogens with one attached hydrogen (secondary N) is 2. The van der Waals surface area contributed by atoms with E-state index in [1.807, 2.05) is 22.8 Å². The summed E-state index contributed by atoms with van der Waals surface area (Å²) < 4.78 is 17.7. The van der Waals surface area contributed by atoms with Gasteiger partial charge in [-0.3, -0.25) is 9.59 Å². The molecule has 0 saturated heterocycles. The standard InChI is InChI=1S/C29H37N5O7S2/c1-6-9-15-34-21(16-30-22(35)17-41-20-13-11-10-12-14-20)32-33-29(34)42-19(5)25(36)31-26-23(27(37)39-7-2)18(4)24(43-26)28(38)40-8-3/h10-14,19H,6-9,15-17H2,1-5H3,(H,30,35)(H,31,36)/t19-/m1/s1. The summed E-state index contributed by atoms with van der Waals surface area (Å²) in [6, 6.07) is 9.05. The molecule has 0 unspecified atom stereocenters. The van der Waals surface area contributed by atoms with E-state index in [9.17, 15) is 19.2 Å². The highest BCUT2D eigenvalue weighted by atomic mass is 32.2. The second kappa shape index (κ2) is 16.7. The number of unbranched alkanes of at least 4 members (excludes halogenated alkanes) is 1. The number of hydrogen-bond donors (Lipinski definition) is 2. The topological polar surface area (TPSA) is 151 Å². The molecular formula is C29H37N5O7S2. The second-order valence-corrected chi connectivity index (χ2v) is 11.6. The molecule has 0 aliphatic rings. The molecule has 3 rings (SSSR count). The predicted octanol–water partition coefficient (Wildman–Crippen LogP) is 4.62. The number of para-hydroxylation sites is 1. The lowest BCUT2D eigenvalue weighted by Crippen LogP contribution is -2.29. The maximum absolute atomic E-state index is 13.3. The first kappa shape index (κ1) is 33.6. The first-order valence-electron chi connectivity index (χ1n) is 14.0. The van der Waals surface area contributed by atoms with E-state index in [1.54, 1.807) is 39.8 Å². The fourth-order valence-corrected chi connectivity index (χ4v) is 5.82. The summed E-state index contributed by atoms with van der Waals surface area (Å²) in [7, 11) is 0. The van der Waals surface area contributed by atoms with Gasteiger partial charge in [-0.25, -0.2) is 9.59 Å². The van der Waals surface area contributed by atoms with E-state index < -0.39 is 23.1 Å². The molecule has 2 amide bonds. The Labute approximate surface area is 258 Å². The lowest BCUT2D eigenvalue weighted by atomic mass is 10.1. The summed E-state index contributed by atoms with van der Waals surface area (Å²) in [6.07, 6.45) is 1.77. The number of carbonyl (C=O) groups is 4. The molecule has 14 heteroatoms. The van der Waals surface area contributed by atoms with Crippen molar-refractivity contribution in [1.29, 1.82) is 0 Å². The molecule has 2 heterocycles. The molecule has 0 saturated carbocycles. The van der Waals surface area contributed by atoms with Crippen LogP contribution >= 0.6 is 23.1 Å². The minimum atomic E-state index is -0.644. The summed E-state index contributed by atoms with van der Waals surface area (Å²) in [6.45, 7) is 9.67. The van der Waals surface area contributed by atoms with Crippen LogP contribution in [0.4, 0.5) is 5.00 Å². The van der Waals surface area contributed by atoms with Crippen molar-refractivity contribution in [2.45, 2.75) is 71.0 Å². The van der Waals surface area contributed by atoms with Gasteiger partial charge in [0.2, 0.25) is 5.91 Å². The normalized spacial score (nSPS) is 11.5. The minimum Gasteiger partial charge on any atom is -0.484 e. The van der Waals surface area contributed by atoms with Crippen molar-refractivity contribution in [2.24, 2.45) is 0 Å². The maximum atomic E-state index is 13.3. The van der Waals surface area contributed by atoms with Crippen molar-refractivity contribution < 1.29 is 33.4 Å². The fourth-order valence-electron chi connectivity index (χ4n) is 3.84. The number of esters is 2. The molecule has 0 aliphatic heterocycles. The van der Waals surface area contributed by atoms with Crippen LogP contribution in [0.3, 0.4) is 0 Å². The number of nitrogens with zero attached hydrogens (tertiary/aromatic N) is 3. The molecule has 0 fully saturated rings. The Hall–Kier alpha value is -3.91. The third-order valence-electron chi connectivity index (χ3n) is 6.06. The van der Waals surface area contributed by atoms with Crippen LogP contribution in [0.2, 0.25) is 0 Å². The van der Waals surface area contributed by atoms with Crippen molar-refractivity contribution in [3.05, 3.63) is 52.2 Å². The van der Waals surface area contributed by atoms with Gasteiger partial charge in [-0.2, -0.15) is 0 Å². The number of benzene rings is 1. The van der Waals surface area contributed by atoms with Crippen LogP contribution in [0.5, 0.6) is 5.75 Å². The van der Waals surface area contributed by atoms with E-state index in [4.69, 9.17) is 14.2 Å². The number of hydrogen-bond acceptors (Lipinski definition) is 11. The van der Waals surface area contributed by atoms with Crippen molar-refractivity contribution in [2.75, 3.05) is 25.1 Å². The van der Waals surface area contributed by atoms with Gasteiger partial charge in [0, 0.05) is 6.54 Å². The largest absolute Gasteiger partial charge is 0.484 e. The van der Waals surface area contributed by atoms with Gasteiger partial charge in [0.15, 0.2) is 17.6 Å². The van der Waals surface area contributed by atoms with Gasteiger partial charge < -0.3 is 29.4 Å². The molecule has 43 heavy (non-hydrogen) atoms. The van der Waals surface area contributed by atoms with Crippen molar-refractivity contribution in [3.8, 4) is 5.75 Å². The number of thiophene rings is 1. The average molecular weight is 632 g/mol. The Kier molecular flexibility index (Phi) is 13.0. The van der Waals surface area contributed by atoms with Gasteiger partial charge in [-0.05, 0) is 51.8 Å². The summed E-state index contributed by atoms with van der Waals surface area (Å²) in [5.41, 5.74) is 0.513. The number of ether oxygens (including phenoxy) is 3. The average Bonchev–Trinajstić information content (AvgIpc) is 3.53. The van der Waals surface area contributed by atoms with E-state index in [0.29, 0.717) is 28.8 Å². The highest BCUT2D eigenvalue weighted by Gasteiger charge is 2.29. The highest BCUT2D eigenvalue weighted by molar-refractivity contribution is 8.00. The zero-order chi connectivity index (χ0) is 31.4. The van der Waals surface area contributed by atoms with Crippen molar-refractivity contribution in [3.63, 3.8) is 0 Å². The van der Waals surface area contributed by atoms with Crippen LogP contribution in [-0.4, -0.2) is 63.6 Å². The Bertz CT molecular complexity index is 1410. The van der Waals surface area contributed by atoms with Gasteiger partial charge >= 0.3 is 11.9 Å². The van der Waals surface area contributed by atoms with Gasteiger partial charge in [0.25, 0.3) is 5.91 Å².